The van der Waals surface area contributed by atoms with Crippen LogP contribution in [0, 0.1) is 5.92 Å². The summed E-state index contributed by atoms with van der Waals surface area (Å²) in [7, 11) is 0. The van der Waals surface area contributed by atoms with E-state index in [9.17, 15) is 14.7 Å². The Morgan fingerprint density at radius 1 is 1.50 bits per heavy atom. The van der Waals surface area contributed by atoms with E-state index in [1.807, 2.05) is 6.92 Å². The molecule has 0 radical (unpaired) electrons. The third-order valence-electron chi connectivity index (χ3n) is 2.64. The van der Waals surface area contributed by atoms with Crippen molar-refractivity contribution < 1.29 is 19.8 Å². The van der Waals surface area contributed by atoms with E-state index in [1.165, 1.54) is 18.5 Å². The minimum atomic E-state index is -0.886. The zero-order chi connectivity index (χ0) is 13.5. The fraction of sp³-hybridized carbons (Fsp3) is 0.417. The molecule has 6 nitrogen and oxygen atoms in total. The van der Waals surface area contributed by atoms with Crippen molar-refractivity contribution in [3.8, 4) is 5.75 Å². The second kappa shape index (κ2) is 6.58. The number of carboxylic acids is 1. The number of aromatic hydroxyl groups is 1. The van der Waals surface area contributed by atoms with E-state index < -0.39 is 11.9 Å². The van der Waals surface area contributed by atoms with Crippen molar-refractivity contribution in [1.29, 1.82) is 0 Å². The van der Waals surface area contributed by atoms with Gasteiger partial charge in [-0.15, -0.1) is 0 Å². The lowest BCUT2D eigenvalue weighted by Crippen LogP contribution is -2.30. The van der Waals surface area contributed by atoms with Gasteiger partial charge in [0.25, 0.3) is 5.91 Å². The summed E-state index contributed by atoms with van der Waals surface area (Å²) in [5, 5.41) is 20.7. The molecule has 0 fully saturated rings. The lowest BCUT2D eigenvalue weighted by Gasteiger charge is -2.13. The molecule has 3 N–H and O–H groups in total. The van der Waals surface area contributed by atoms with Crippen LogP contribution < -0.4 is 5.32 Å². The van der Waals surface area contributed by atoms with Gasteiger partial charge in [0, 0.05) is 19.2 Å². The molecule has 1 rings (SSSR count). The first-order valence-corrected chi connectivity index (χ1v) is 5.67. The van der Waals surface area contributed by atoms with Crippen LogP contribution in [0.15, 0.2) is 18.5 Å². The van der Waals surface area contributed by atoms with Gasteiger partial charge in [0.15, 0.2) is 0 Å². The number of rotatable bonds is 6. The molecule has 1 atom stereocenters. The normalized spacial score (nSPS) is 11.8. The summed E-state index contributed by atoms with van der Waals surface area (Å²) >= 11 is 0. The molecule has 98 valence electrons. The van der Waals surface area contributed by atoms with E-state index in [1.54, 1.807) is 0 Å². The Balaban J connectivity index is 2.55. The first-order valence-electron chi connectivity index (χ1n) is 5.67. The zero-order valence-electron chi connectivity index (χ0n) is 10.1. The average Bonchev–Trinajstić information content (AvgIpc) is 2.34. The lowest BCUT2D eigenvalue weighted by atomic mass is 10.0. The number of nitrogens with one attached hydrogen (secondary N) is 1. The number of hydrogen-bond acceptors (Lipinski definition) is 4. The number of carbonyl (C=O) groups is 2. The fourth-order valence-electron chi connectivity index (χ4n) is 1.52. The highest BCUT2D eigenvalue weighted by Crippen LogP contribution is 2.14. The summed E-state index contributed by atoms with van der Waals surface area (Å²) < 4.78 is 0. The highest BCUT2D eigenvalue weighted by Gasteiger charge is 2.15. The number of carboxylic acid groups (broad SMARTS) is 1. The predicted octanol–water partition coefficient (Wildman–Crippen LogP) is 1.02. The number of hydrogen-bond donors (Lipinski definition) is 3. The summed E-state index contributed by atoms with van der Waals surface area (Å²) in [6.45, 7) is 2.13. The second-order valence-corrected chi connectivity index (χ2v) is 3.97. The van der Waals surface area contributed by atoms with Crippen LogP contribution in [-0.2, 0) is 4.79 Å². The Bertz CT molecular complexity index is 434. The van der Waals surface area contributed by atoms with Gasteiger partial charge in [-0.1, -0.05) is 13.3 Å². The van der Waals surface area contributed by atoms with Gasteiger partial charge < -0.3 is 15.5 Å². The van der Waals surface area contributed by atoms with Crippen LogP contribution in [0.5, 0.6) is 5.75 Å². The molecular weight excluding hydrogens is 236 g/mol. The lowest BCUT2D eigenvalue weighted by molar-refractivity contribution is -0.138. The van der Waals surface area contributed by atoms with Crippen molar-refractivity contribution in [3.05, 3.63) is 24.0 Å². The van der Waals surface area contributed by atoms with E-state index in [0.29, 0.717) is 6.42 Å². The molecule has 1 aromatic rings. The van der Waals surface area contributed by atoms with Crippen LogP contribution in [0.2, 0.25) is 0 Å². The standard InChI is InChI=1S/C12H16N2O4/c1-2-8(5-11(16)17)6-14-12(18)9-3-4-13-7-10(9)15/h3-4,7-8,15H,2,5-6H2,1H3,(H,14,18)(H,16,17). The monoisotopic (exact) mass is 252 g/mol. The molecular formula is C12H16N2O4. The highest BCUT2D eigenvalue weighted by molar-refractivity contribution is 5.96. The van der Waals surface area contributed by atoms with Gasteiger partial charge in [-0.25, -0.2) is 0 Å². The van der Waals surface area contributed by atoms with Gasteiger partial charge in [0.05, 0.1) is 11.8 Å². The van der Waals surface area contributed by atoms with Gasteiger partial charge in [-0.05, 0) is 12.0 Å². The molecule has 0 spiro atoms. The minimum Gasteiger partial charge on any atom is -0.505 e. The third-order valence-corrected chi connectivity index (χ3v) is 2.64. The maximum atomic E-state index is 11.7. The number of aliphatic carboxylic acids is 1. The van der Waals surface area contributed by atoms with Crippen LogP contribution >= 0.6 is 0 Å². The molecule has 6 heteroatoms. The number of carbonyl (C=O) groups excluding carboxylic acids is 1. The molecule has 1 amide bonds. The van der Waals surface area contributed by atoms with Gasteiger partial charge in [0.1, 0.15) is 5.75 Å². The molecule has 1 heterocycles. The van der Waals surface area contributed by atoms with Gasteiger partial charge >= 0.3 is 5.97 Å². The average molecular weight is 252 g/mol. The van der Waals surface area contributed by atoms with Crippen LogP contribution in [0.25, 0.3) is 0 Å². The van der Waals surface area contributed by atoms with Crippen LogP contribution in [0.4, 0.5) is 0 Å². The minimum absolute atomic E-state index is 0.0130. The van der Waals surface area contributed by atoms with Crippen LogP contribution in [-0.4, -0.2) is 33.6 Å². The van der Waals surface area contributed by atoms with Crippen molar-refractivity contribution in [3.63, 3.8) is 0 Å². The zero-order valence-corrected chi connectivity index (χ0v) is 10.1. The predicted molar refractivity (Wildman–Crippen MR) is 64.3 cm³/mol. The fourth-order valence-corrected chi connectivity index (χ4v) is 1.52. The molecule has 0 aliphatic rings. The van der Waals surface area contributed by atoms with E-state index in [0.717, 1.165) is 0 Å². The van der Waals surface area contributed by atoms with Crippen LogP contribution in [0.3, 0.4) is 0 Å². The maximum absolute atomic E-state index is 11.7. The van der Waals surface area contributed by atoms with Gasteiger partial charge in [-0.3, -0.25) is 14.6 Å². The van der Waals surface area contributed by atoms with Crippen molar-refractivity contribution >= 4 is 11.9 Å². The summed E-state index contributed by atoms with van der Waals surface area (Å²) in [5.41, 5.74) is 0.134. The second-order valence-electron chi connectivity index (χ2n) is 3.97. The molecule has 0 bridgehead atoms. The topological polar surface area (TPSA) is 99.5 Å². The summed E-state index contributed by atoms with van der Waals surface area (Å²) in [4.78, 5) is 26.0. The van der Waals surface area contributed by atoms with Crippen molar-refractivity contribution in [2.45, 2.75) is 19.8 Å². The quantitative estimate of drug-likeness (QED) is 0.701. The largest absolute Gasteiger partial charge is 0.505 e. The van der Waals surface area contributed by atoms with Gasteiger partial charge in [0.2, 0.25) is 0 Å². The highest BCUT2D eigenvalue weighted by atomic mass is 16.4. The molecule has 1 unspecified atom stereocenters. The maximum Gasteiger partial charge on any atom is 0.303 e. The molecule has 0 aromatic carbocycles. The number of amides is 1. The van der Waals surface area contributed by atoms with E-state index in [4.69, 9.17) is 5.11 Å². The first kappa shape index (κ1) is 14.0. The SMILES string of the molecule is CCC(CNC(=O)c1ccncc1O)CC(=O)O. The Morgan fingerprint density at radius 2 is 2.22 bits per heavy atom. The Hall–Kier alpha value is -2.11. The molecule has 1 aromatic heterocycles. The molecule has 0 aliphatic carbocycles. The van der Waals surface area contributed by atoms with E-state index in [2.05, 4.69) is 10.3 Å². The molecule has 0 aliphatic heterocycles. The van der Waals surface area contributed by atoms with Crippen molar-refractivity contribution in [2.24, 2.45) is 5.92 Å². The molecule has 18 heavy (non-hydrogen) atoms. The first-order chi connectivity index (χ1) is 8.54. The van der Waals surface area contributed by atoms with Crippen molar-refractivity contribution in [2.75, 3.05) is 6.54 Å². The Morgan fingerprint density at radius 3 is 2.78 bits per heavy atom. The third kappa shape index (κ3) is 4.04. The Labute approximate surface area is 105 Å². The summed E-state index contributed by atoms with van der Waals surface area (Å²) in [5.74, 6) is -1.63. The Kier molecular flexibility index (Phi) is 5.10. The molecule has 0 saturated heterocycles. The molecule has 0 saturated carbocycles. The summed E-state index contributed by atoms with van der Waals surface area (Å²) in [6, 6.07) is 1.41. The van der Waals surface area contributed by atoms with Crippen LogP contribution in [0.1, 0.15) is 30.1 Å². The summed E-state index contributed by atoms with van der Waals surface area (Å²) in [6.07, 6.45) is 3.26. The number of aromatic nitrogens is 1. The van der Waals surface area contributed by atoms with Crippen molar-refractivity contribution in [1.82, 2.24) is 10.3 Å². The number of pyridine rings is 1. The van der Waals surface area contributed by atoms with E-state index in [-0.39, 0.29) is 30.2 Å². The number of nitrogens with zero attached hydrogens (tertiary/aromatic N) is 1. The smallest absolute Gasteiger partial charge is 0.303 e. The van der Waals surface area contributed by atoms with E-state index >= 15 is 0 Å². The van der Waals surface area contributed by atoms with Gasteiger partial charge in [-0.2, -0.15) is 0 Å².